The SMILES string of the molecule is Cc1ccc(S(=O)(=O)c2ccccc2)cc1S(=O)(=O)NCCC(=O)N1CCCC1. The highest BCUT2D eigenvalue weighted by Crippen LogP contribution is 2.25. The molecule has 0 spiro atoms. The molecule has 1 heterocycles. The number of nitrogens with one attached hydrogen (secondary N) is 1. The number of sulfonamides is 1. The molecule has 0 bridgehead atoms. The topological polar surface area (TPSA) is 101 Å². The van der Waals surface area contributed by atoms with Crippen molar-refractivity contribution in [3.8, 4) is 0 Å². The molecule has 0 atom stereocenters. The van der Waals surface area contributed by atoms with Crippen LogP contribution in [0.4, 0.5) is 0 Å². The van der Waals surface area contributed by atoms with E-state index in [9.17, 15) is 21.6 Å². The van der Waals surface area contributed by atoms with E-state index in [1.165, 1.54) is 30.3 Å². The van der Waals surface area contributed by atoms with Crippen molar-refractivity contribution in [2.24, 2.45) is 0 Å². The largest absolute Gasteiger partial charge is 0.343 e. The van der Waals surface area contributed by atoms with Gasteiger partial charge in [0.05, 0.1) is 14.7 Å². The summed E-state index contributed by atoms with van der Waals surface area (Å²) in [5.74, 6) is -0.0812. The molecule has 156 valence electrons. The van der Waals surface area contributed by atoms with E-state index in [-0.39, 0.29) is 33.6 Å². The van der Waals surface area contributed by atoms with Gasteiger partial charge in [-0.1, -0.05) is 24.3 Å². The molecule has 3 rings (SSSR count). The number of sulfone groups is 1. The lowest BCUT2D eigenvalue weighted by molar-refractivity contribution is -0.129. The third kappa shape index (κ3) is 4.85. The van der Waals surface area contributed by atoms with Gasteiger partial charge in [0.1, 0.15) is 0 Å². The van der Waals surface area contributed by atoms with Crippen LogP contribution >= 0.6 is 0 Å². The minimum atomic E-state index is -3.96. The van der Waals surface area contributed by atoms with Crippen molar-refractivity contribution in [2.75, 3.05) is 19.6 Å². The van der Waals surface area contributed by atoms with Gasteiger partial charge >= 0.3 is 0 Å². The second-order valence-corrected chi connectivity index (χ2v) is 10.7. The lowest BCUT2D eigenvalue weighted by Gasteiger charge is -2.16. The molecule has 1 aliphatic heterocycles. The van der Waals surface area contributed by atoms with Crippen LogP contribution < -0.4 is 4.72 Å². The van der Waals surface area contributed by atoms with E-state index in [0.29, 0.717) is 18.7 Å². The number of carbonyl (C=O) groups is 1. The van der Waals surface area contributed by atoms with Gasteiger partial charge in [-0.15, -0.1) is 0 Å². The molecular weight excluding hydrogens is 412 g/mol. The average Bonchev–Trinajstić information content (AvgIpc) is 3.23. The van der Waals surface area contributed by atoms with Gasteiger partial charge in [-0.2, -0.15) is 0 Å². The third-order valence-corrected chi connectivity index (χ3v) is 8.27. The zero-order valence-electron chi connectivity index (χ0n) is 16.2. The summed E-state index contributed by atoms with van der Waals surface area (Å²) >= 11 is 0. The first-order valence-electron chi connectivity index (χ1n) is 9.40. The lowest BCUT2D eigenvalue weighted by atomic mass is 10.2. The third-order valence-electron chi connectivity index (χ3n) is 4.90. The predicted molar refractivity (Wildman–Crippen MR) is 109 cm³/mol. The van der Waals surface area contributed by atoms with E-state index in [1.54, 1.807) is 30.0 Å². The van der Waals surface area contributed by atoms with Crippen LogP contribution in [0.3, 0.4) is 0 Å². The molecule has 2 aromatic carbocycles. The molecule has 0 unspecified atom stereocenters. The summed E-state index contributed by atoms with van der Waals surface area (Å²) in [6.07, 6.45) is 2.01. The van der Waals surface area contributed by atoms with E-state index in [4.69, 9.17) is 0 Å². The van der Waals surface area contributed by atoms with Gasteiger partial charge in [-0.3, -0.25) is 4.79 Å². The number of hydrogen-bond donors (Lipinski definition) is 1. The van der Waals surface area contributed by atoms with E-state index in [1.807, 2.05) is 0 Å². The van der Waals surface area contributed by atoms with Crippen LogP contribution in [0.1, 0.15) is 24.8 Å². The number of hydrogen-bond acceptors (Lipinski definition) is 5. The molecule has 0 aliphatic carbocycles. The maximum absolute atomic E-state index is 12.8. The first-order chi connectivity index (χ1) is 13.7. The molecule has 2 aromatic rings. The zero-order chi connectivity index (χ0) is 21.1. The fourth-order valence-corrected chi connectivity index (χ4v) is 5.95. The average molecular weight is 437 g/mol. The number of rotatable bonds is 7. The fraction of sp³-hybridized carbons (Fsp3) is 0.350. The van der Waals surface area contributed by atoms with Crippen molar-refractivity contribution in [1.82, 2.24) is 9.62 Å². The minimum absolute atomic E-state index is 0.0350. The number of likely N-dealkylation sites (tertiary alicyclic amines) is 1. The monoisotopic (exact) mass is 436 g/mol. The second-order valence-electron chi connectivity index (χ2n) is 6.98. The molecule has 0 radical (unpaired) electrons. The van der Waals surface area contributed by atoms with Gasteiger partial charge in [-0.05, 0) is 49.6 Å². The Kier molecular flexibility index (Phi) is 6.40. The summed E-state index contributed by atoms with van der Waals surface area (Å²) in [4.78, 5) is 13.7. The Morgan fingerprint density at radius 3 is 2.28 bits per heavy atom. The smallest absolute Gasteiger partial charge is 0.240 e. The van der Waals surface area contributed by atoms with Crippen molar-refractivity contribution >= 4 is 25.8 Å². The van der Waals surface area contributed by atoms with Crippen molar-refractivity contribution in [2.45, 2.75) is 40.9 Å². The Balaban J connectivity index is 1.78. The van der Waals surface area contributed by atoms with Crippen LogP contribution in [-0.4, -0.2) is 47.3 Å². The van der Waals surface area contributed by atoms with Gasteiger partial charge in [0.2, 0.25) is 25.8 Å². The maximum atomic E-state index is 12.8. The Morgan fingerprint density at radius 2 is 1.62 bits per heavy atom. The van der Waals surface area contributed by atoms with Crippen LogP contribution in [0.15, 0.2) is 63.2 Å². The van der Waals surface area contributed by atoms with Crippen LogP contribution in [0.2, 0.25) is 0 Å². The molecular formula is C20H24N2O5S2. The summed E-state index contributed by atoms with van der Waals surface area (Å²) in [6, 6.07) is 11.9. The highest BCUT2D eigenvalue weighted by Gasteiger charge is 2.24. The fourth-order valence-electron chi connectivity index (χ4n) is 3.27. The summed E-state index contributed by atoms with van der Waals surface area (Å²) in [7, 11) is -7.80. The molecule has 0 aromatic heterocycles. The Bertz CT molecular complexity index is 1090. The predicted octanol–water partition coefficient (Wildman–Crippen LogP) is 2.12. The highest BCUT2D eigenvalue weighted by atomic mass is 32.2. The minimum Gasteiger partial charge on any atom is -0.343 e. The number of aryl methyl sites for hydroxylation is 1. The van der Waals surface area contributed by atoms with Crippen molar-refractivity contribution in [3.05, 3.63) is 54.1 Å². The second kappa shape index (κ2) is 8.64. The molecule has 9 heteroatoms. The van der Waals surface area contributed by atoms with Crippen molar-refractivity contribution < 1.29 is 21.6 Å². The molecule has 1 saturated heterocycles. The van der Waals surface area contributed by atoms with E-state index in [0.717, 1.165) is 12.8 Å². The zero-order valence-corrected chi connectivity index (χ0v) is 17.8. The Labute approximate surface area is 171 Å². The number of amides is 1. The van der Waals surface area contributed by atoms with Gasteiger partial charge in [0, 0.05) is 26.1 Å². The Morgan fingerprint density at radius 1 is 0.966 bits per heavy atom. The number of benzene rings is 2. The van der Waals surface area contributed by atoms with Gasteiger partial charge in [-0.25, -0.2) is 21.6 Å². The first kappa shape index (κ1) is 21.5. The summed E-state index contributed by atoms with van der Waals surface area (Å²) in [5, 5.41) is 0. The van der Waals surface area contributed by atoms with Crippen molar-refractivity contribution in [1.29, 1.82) is 0 Å². The Hall–Kier alpha value is -2.23. The molecule has 1 fully saturated rings. The van der Waals surface area contributed by atoms with Crippen LogP contribution in [0.5, 0.6) is 0 Å². The molecule has 1 aliphatic rings. The quantitative estimate of drug-likeness (QED) is 0.717. The van der Waals surface area contributed by atoms with E-state index < -0.39 is 19.9 Å². The first-order valence-corrected chi connectivity index (χ1v) is 12.4. The molecule has 1 N–H and O–H groups in total. The normalized spacial score (nSPS) is 14.9. The van der Waals surface area contributed by atoms with Crippen LogP contribution in [-0.2, 0) is 24.7 Å². The molecule has 0 saturated carbocycles. The highest BCUT2D eigenvalue weighted by molar-refractivity contribution is 7.91. The van der Waals surface area contributed by atoms with E-state index >= 15 is 0 Å². The molecule has 7 nitrogen and oxygen atoms in total. The van der Waals surface area contributed by atoms with Gasteiger partial charge in [0.25, 0.3) is 0 Å². The standard InChI is InChI=1S/C20H24N2O5S2/c1-16-9-10-18(28(24,25)17-7-3-2-4-8-17)15-19(16)29(26,27)21-12-11-20(23)22-13-5-6-14-22/h2-4,7-10,15,21H,5-6,11-14H2,1H3. The molecule has 29 heavy (non-hydrogen) atoms. The number of carbonyl (C=O) groups excluding carboxylic acids is 1. The maximum Gasteiger partial charge on any atom is 0.240 e. The summed E-state index contributed by atoms with van der Waals surface area (Å²) in [5.41, 5.74) is 0.426. The summed E-state index contributed by atoms with van der Waals surface area (Å²) < 4.78 is 53.5. The van der Waals surface area contributed by atoms with Gasteiger partial charge < -0.3 is 4.90 Å². The lowest BCUT2D eigenvalue weighted by Crippen LogP contribution is -2.33. The van der Waals surface area contributed by atoms with E-state index in [2.05, 4.69) is 4.72 Å². The van der Waals surface area contributed by atoms with Crippen LogP contribution in [0.25, 0.3) is 0 Å². The van der Waals surface area contributed by atoms with Crippen LogP contribution in [0, 0.1) is 6.92 Å². The van der Waals surface area contributed by atoms with Gasteiger partial charge in [0.15, 0.2) is 0 Å². The van der Waals surface area contributed by atoms with Crippen molar-refractivity contribution in [3.63, 3.8) is 0 Å². The molecule has 1 amide bonds. The number of nitrogens with zero attached hydrogens (tertiary/aromatic N) is 1. The summed E-state index contributed by atoms with van der Waals surface area (Å²) in [6.45, 7) is 2.99.